The number of primary sulfonamides is 1. The molecule has 7 nitrogen and oxygen atoms in total. The minimum atomic E-state index is -3.82. The van der Waals surface area contributed by atoms with Crippen LogP contribution < -0.4 is 10.5 Å². The second-order valence-corrected chi connectivity index (χ2v) is 9.78. The summed E-state index contributed by atoms with van der Waals surface area (Å²) >= 11 is 1.24. The van der Waals surface area contributed by atoms with E-state index in [1.54, 1.807) is 29.8 Å². The molecular formula is C20H23FN4O3S2. The summed E-state index contributed by atoms with van der Waals surface area (Å²) in [5.74, 6) is -0.253. The van der Waals surface area contributed by atoms with Crippen molar-refractivity contribution in [2.24, 2.45) is 18.1 Å². The van der Waals surface area contributed by atoms with Crippen LogP contribution in [0.15, 0.2) is 52.5 Å². The number of carbonyl (C=O) groups excluding carboxylic acids is 1. The Morgan fingerprint density at radius 3 is 2.50 bits per heavy atom. The van der Waals surface area contributed by atoms with Crippen LogP contribution in [0, 0.1) is 11.7 Å². The van der Waals surface area contributed by atoms with E-state index in [-0.39, 0.29) is 34.3 Å². The largest absolute Gasteiger partial charge is 0.348 e. The van der Waals surface area contributed by atoms with Crippen LogP contribution in [0.4, 0.5) is 4.39 Å². The van der Waals surface area contributed by atoms with Crippen molar-refractivity contribution in [3.05, 3.63) is 53.8 Å². The number of sulfonamides is 1. The lowest BCUT2D eigenvalue weighted by atomic mass is 9.96. The Morgan fingerprint density at radius 2 is 1.90 bits per heavy atom. The van der Waals surface area contributed by atoms with Crippen LogP contribution in [0.25, 0.3) is 11.0 Å². The third-order valence-corrected chi connectivity index (χ3v) is 6.63. The molecule has 3 rings (SSSR count). The number of carbonyl (C=O) groups is 1. The van der Waals surface area contributed by atoms with Crippen LogP contribution in [-0.4, -0.2) is 29.6 Å². The SMILES string of the molecule is CC(C)[C@H](NC(=O)CSc1nc2cc(S(N)(=O)=O)ccc2n1C)c1ccc(F)cc1. The zero-order valence-corrected chi connectivity index (χ0v) is 18.4. The van der Waals surface area contributed by atoms with Gasteiger partial charge in [0.25, 0.3) is 0 Å². The lowest BCUT2D eigenvalue weighted by molar-refractivity contribution is -0.119. The first kappa shape index (κ1) is 22.3. The molecule has 0 unspecified atom stereocenters. The Bertz CT molecular complexity index is 1170. The van der Waals surface area contributed by atoms with Crippen molar-refractivity contribution in [3.63, 3.8) is 0 Å². The second kappa shape index (κ2) is 8.75. The monoisotopic (exact) mass is 450 g/mol. The van der Waals surface area contributed by atoms with Gasteiger partial charge in [-0.25, -0.2) is 22.9 Å². The molecule has 1 atom stereocenters. The van der Waals surface area contributed by atoms with E-state index in [4.69, 9.17) is 5.14 Å². The van der Waals surface area contributed by atoms with E-state index in [1.807, 2.05) is 13.8 Å². The number of halogens is 1. The van der Waals surface area contributed by atoms with Crippen molar-refractivity contribution in [1.29, 1.82) is 0 Å². The fraction of sp³-hybridized carbons (Fsp3) is 0.300. The van der Waals surface area contributed by atoms with Gasteiger partial charge in [-0.05, 0) is 41.8 Å². The molecule has 1 heterocycles. The highest BCUT2D eigenvalue weighted by atomic mass is 32.2. The van der Waals surface area contributed by atoms with E-state index in [1.165, 1.54) is 36.0 Å². The molecule has 0 aliphatic heterocycles. The predicted octanol–water partition coefficient (Wildman–Crippen LogP) is 2.97. The first-order valence-electron chi connectivity index (χ1n) is 9.23. The van der Waals surface area contributed by atoms with Crippen molar-refractivity contribution in [3.8, 4) is 0 Å². The summed E-state index contributed by atoms with van der Waals surface area (Å²) in [4.78, 5) is 17.0. The van der Waals surface area contributed by atoms with E-state index in [0.717, 1.165) is 11.1 Å². The number of thioether (sulfide) groups is 1. The molecule has 3 aromatic rings. The van der Waals surface area contributed by atoms with Crippen molar-refractivity contribution < 1.29 is 17.6 Å². The third-order valence-electron chi connectivity index (χ3n) is 4.68. The molecule has 10 heteroatoms. The summed E-state index contributed by atoms with van der Waals surface area (Å²) in [6.45, 7) is 3.96. The smallest absolute Gasteiger partial charge is 0.238 e. The number of amides is 1. The topological polar surface area (TPSA) is 107 Å². The predicted molar refractivity (Wildman–Crippen MR) is 115 cm³/mol. The van der Waals surface area contributed by atoms with Gasteiger partial charge in [0.2, 0.25) is 15.9 Å². The first-order chi connectivity index (χ1) is 14.1. The molecule has 0 saturated heterocycles. The van der Waals surface area contributed by atoms with Crippen LogP contribution in [0.5, 0.6) is 0 Å². The first-order valence-corrected chi connectivity index (χ1v) is 11.8. The van der Waals surface area contributed by atoms with Gasteiger partial charge in [-0.15, -0.1) is 0 Å². The summed E-state index contributed by atoms with van der Waals surface area (Å²) < 4.78 is 38.1. The molecule has 0 aliphatic carbocycles. The molecule has 0 saturated carbocycles. The van der Waals surface area contributed by atoms with Gasteiger partial charge in [0.15, 0.2) is 5.16 Å². The van der Waals surface area contributed by atoms with E-state index in [9.17, 15) is 17.6 Å². The van der Waals surface area contributed by atoms with Crippen LogP contribution in [-0.2, 0) is 21.9 Å². The van der Waals surface area contributed by atoms with Gasteiger partial charge in [0.1, 0.15) is 5.82 Å². The number of hydrogen-bond donors (Lipinski definition) is 2. The molecule has 0 aliphatic rings. The van der Waals surface area contributed by atoms with Gasteiger partial charge in [0.05, 0.1) is 27.7 Å². The Hall–Kier alpha value is -2.43. The number of benzene rings is 2. The van der Waals surface area contributed by atoms with E-state index < -0.39 is 10.0 Å². The van der Waals surface area contributed by atoms with Gasteiger partial charge in [-0.1, -0.05) is 37.7 Å². The zero-order valence-electron chi connectivity index (χ0n) is 16.8. The number of nitrogens with two attached hydrogens (primary N) is 1. The molecule has 1 aromatic heterocycles. The summed E-state index contributed by atoms with van der Waals surface area (Å²) in [6, 6.07) is 10.3. The minimum Gasteiger partial charge on any atom is -0.348 e. The van der Waals surface area contributed by atoms with Gasteiger partial charge >= 0.3 is 0 Å². The van der Waals surface area contributed by atoms with Crippen molar-refractivity contribution >= 4 is 38.7 Å². The number of fused-ring (bicyclic) bond motifs is 1. The number of rotatable bonds is 7. The number of hydrogen-bond acceptors (Lipinski definition) is 5. The average Bonchev–Trinajstić information content (AvgIpc) is 2.99. The molecule has 0 bridgehead atoms. The van der Waals surface area contributed by atoms with Crippen molar-refractivity contribution in [2.75, 3.05) is 5.75 Å². The van der Waals surface area contributed by atoms with Gasteiger partial charge in [0, 0.05) is 7.05 Å². The molecule has 0 fully saturated rings. The molecule has 30 heavy (non-hydrogen) atoms. The summed E-state index contributed by atoms with van der Waals surface area (Å²) in [5, 5.41) is 8.74. The van der Waals surface area contributed by atoms with Crippen molar-refractivity contribution in [1.82, 2.24) is 14.9 Å². The van der Waals surface area contributed by atoms with Gasteiger partial charge in [-0.3, -0.25) is 4.79 Å². The maximum absolute atomic E-state index is 13.2. The molecule has 0 radical (unpaired) electrons. The van der Waals surface area contributed by atoms with E-state index in [0.29, 0.717) is 10.7 Å². The van der Waals surface area contributed by atoms with Crippen LogP contribution in [0.3, 0.4) is 0 Å². The number of nitrogens with zero attached hydrogens (tertiary/aromatic N) is 2. The van der Waals surface area contributed by atoms with Crippen LogP contribution >= 0.6 is 11.8 Å². The molecule has 0 spiro atoms. The number of imidazole rings is 1. The lowest BCUT2D eigenvalue weighted by Gasteiger charge is -2.23. The lowest BCUT2D eigenvalue weighted by Crippen LogP contribution is -2.33. The maximum Gasteiger partial charge on any atom is 0.238 e. The summed E-state index contributed by atoms with van der Waals surface area (Å²) in [5.41, 5.74) is 2.05. The fourth-order valence-electron chi connectivity index (χ4n) is 3.11. The Balaban J connectivity index is 1.72. The Labute approximate surface area is 178 Å². The van der Waals surface area contributed by atoms with E-state index >= 15 is 0 Å². The molecule has 1 amide bonds. The maximum atomic E-state index is 13.2. The average molecular weight is 451 g/mol. The normalized spacial score (nSPS) is 13.0. The third kappa shape index (κ3) is 5.00. The molecular weight excluding hydrogens is 427 g/mol. The highest BCUT2D eigenvalue weighted by molar-refractivity contribution is 7.99. The molecule has 3 N–H and O–H groups in total. The minimum absolute atomic E-state index is 0.0125. The quantitative estimate of drug-likeness (QED) is 0.538. The van der Waals surface area contributed by atoms with Crippen molar-refractivity contribution in [2.45, 2.75) is 29.9 Å². The number of nitrogens with one attached hydrogen (secondary N) is 1. The van der Waals surface area contributed by atoms with Gasteiger partial charge in [-0.2, -0.15) is 0 Å². The number of aryl methyl sites for hydroxylation is 1. The number of aromatic nitrogens is 2. The van der Waals surface area contributed by atoms with Gasteiger partial charge < -0.3 is 9.88 Å². The highest BCUT2D eigenvalue weighted by Crippen LogP contribution is 2.26. The fourth-order valence-corrected chi connectivity index (χ4v) is 4.45. The standard InChI is InChI=1S/C20H23FN4O3S2/c1-12(2)19(13-4-6-14(21)7-5-13)24-18(26)11-29-20-23-16-10-15(30(22,27)28)8-9-17(16)25(20)3/h4-10,12,19H,11H2,1-3H3,(H,24,26)(H2,22,27,28)/t19-/m0/s1. The molecule has 160 valence electrons. The molecule has 2 aromatic carbocycles. The Kier molecular flexibility index (Phi) is 6.49. The second-order valence-electron chi connectivity index (χ2n) is 7.28. The zero-order chi connectivity index (χ0) is 22.1. The van der Waals surface area contributed by atoms with E-state index in [2.05, 4.69) is 10.3 Å². The van der Waals surface area contributed by atoms with Crippen LogP contribution in [0.1, 0.15) is 25.5 Å². The summed E-state index contributed by atoms with van der Waals surface area (Å²) in [7, 11) is -2.02. The highest BCUT2D eigenvalue weighted by Gasteiger charge is 2.20. The Morgan fingerprint density at radius 1 is 1.23 bits per heavy atom. The van der Waals surface area contributed by atoms with Crippen LogP contribution in [0.2, 0.25) is 0 Å². The summed E-state index contributed by atoms with van der Waals surface area (Å²) in [6.07, 6.45) is 0.